The molecular weight excluding hydrogens is 193 g/mol. The summed E-state index contributed by atoms with van der Waals surface area (Å²) in [6, 6.07) is 4.39. The maximum Gasteiger partial charge on any atom is 0.165 e. The van der Waals surface area contributed by atoms with Gasteiger partial charge in [0.15, 0.2) is 5.78 Å². The van der Waals surface area contributed by atoms with Gasteiger partial charge in [0, 0.05) is 11.5 Å². The monoisotopic (exact) mass is 209 g/mol. The molecule has 1 aromatic rings. The minimum absolute atomic E-state index is 0.0388. The zero-order valence-corrected chi connectivity index (χ0v) is 9.09. The van der Waals surface area contributed by atoms with Crippen LogP contribution < -0.4 is 5.73 Å². The standard InChI is InChI=1S/C12H16FNO/c1-8-5-10(7-11(13)6-8)12(15)9(2)3-4-14/h5-7,9H,3-4,14H2,1-2H3. The van der Waals surface area contributed by atoms with Crippen molar-refractivity contribution < 1.29 is 9.18 Å². The predicted octanol–water partition coefficient (Wildman–Crippen LogP) is 2.30. The Balaban J connectivity index is 2.90. The van der Waals surface area contributed by atoms with Crippen molar-refractivity contribution in [2.45, 2.75) is 20.3 Å². The lowest BCUT2D eigenvalue weighted by Gasteiger charge is -2.09. The van der Waals surface area contributed by atoms with Gasteiger partial charge >= 0.3 is 0 Å². The van der Waals surface area contributed by atoms with Gasteiger partial charge in [0.05, 0.1) is 0 Å². The van der Waals surface area contributed by atoms with Gasteiger partial charge in [-0.05, 0) is 43.7 Å². The van der Waals surface area contributed by atoms with E-state index in [-0.39, 0.29) is 17.5 Å². The SMILES string of the molecule is Cc1cc(F)cc(C(=O)C(C)CCN)c1. The molecule has 0 bridgehead atoms. The minimum atomic E-state index is -0.363. The van der Waals surface area contributed by atoms with E-state index >= 15 is 0 Å². The Hall–Kier alpha value is -1.22. The van der Waals surface area contributed by atoms with Crippen LogP contribution in [0.25, 0.3) is 0 Å². The number of Topliss-reactive ketones (excluding diaryl/α,β-unsaturated/α-hetero) is 1. The van der Waals surface area contributed by atoms with Gasteiger partial charge in [0.25, 0.3) is 0 Å². The number of hydrogen-bond acceptors (Lipinski definition) is 2. The molecule has 0 saturated carbocycles. The van der Waals surface area contributed by atoms with Crippen molar-refractivity contribution in [3.63, 3.8) is 0 Å². The van der Waals surface area contributed by atoms with Crippen molar-refractivity contribution in [3.8, 4) is 0 Å². The Labute approximate surface area is 89.3 Å². The number of hydrogen-bond donors (Lipinski definition) is 1. The highest BCUT2D eigenvalue weighted by Crippen LogP contribution is 2.14. The normalized spacial score (nSPS) is 12.5. The number of rotatable bonds is 4. The van der Waals surface area contributed by atoms with Crippen molar-refractivity contribution in [1.29, 1.82) is 0 Å². The fraction of sp³-hybridized carbons (Fsp3) is 0.417. The maximum absolute atomic E-state index is 13.1. The van der Waals surface area contributed by atoms with Gasteiger partial charge in [-0.2, -0.15) is 0 Å². The number of benzene rings is 1. The summed E-state index contributed by atoms with van der Waals surface area (Å²) >= 11 is 0. The Morgan fingerprint density at radius 1 is 1.47 bits per heavy atom. The summed E-state index contributed by atoms with van der Waals surface area (Å²) < 4.78 is 13.1. The average Bonchev–Trinajstić information content (AvgIpc) is 2.15. The van der Waals surface area contributed by atoms with Crippen LogP contribution in [0, 0.1) is 18.7 Å². The second-order valence-electron chi connectivity index (χ2n) is 3.86. The maximum atomic E-state index is 13.1. The molecule has 0 aliphatic carbocycles. The lowest BCUT2D eigenvalue weighted by Crippen LogP contribution is -2.16. The quantitative estimate of drug-likeness (QED) is 0.773. The molecule has 2 nitrogen and oxygen atoms in total. The summed E-state index contributed by atoms with van der Waals surface area (Å²) in [7, 11) is 0. The molecule has 0 fully saturated rings. The number of aryl methyl sites for hydroxylation is 1. The van der Waals surface area contributed by atoms with Crippen LogP contribution in [0.4, 0.5) is 4.39 Å². The summed E-state index contributed by atoms with van der Waals surface area (Å²) in [5, 5.41) is 0. The van der Waals surface area contributed by atoms with Crippen molar-refractivity contribution in [3.05, 3.63) is 35.1 Å². The topological polar surface area (TPSA) is 43.1 Å². The molecule has 0 radical (unpaired) electrons. The van der Waals surface area contributed by atoms with Crippen LogP contribution in [-0.4, -0.2) is 12.3 Å². The largest absolute Gasteiger partial charge is 0.330 e. The van der Waals surface area contributed by atoms with E-state index in [1.165, 1.54) is 12.1 Å². The third-order valence-electron chi connectivity index (χ3n) is 2.37. The summed E-state index contributed by atoms with van der Waals surface area (Å²) in [6.45, 7) is 4.06. The predicted molar refractivity (Wildman–Crippen MR) is 58.3 cm³/mol. The summed E-state index contributed by atoms with van der Waals surface area (Å²) in [6.07, 6.45) is 0.633. The first-order valence-corrected chi connectivity index (χ1v) is 5.06. The van der Waals surface area contributed by atoms with Gasteiger partial charge in [-0.3, -0.25) is 4.79 Å². The summed E-state index contributed by atoms with van der Waals surface area (Å²) in [4.78, 5) is 11.8. The molecule has 82 valence electrons. The first-order valence-electron chi connectivity index (χ1n) is 5.06. The Morgan fingerprint density at radius 3 is 2.67 bits per heavy atom. The number of carbonyl (C=O) groups excluding carboxylic acids is 1. The van der Waals surface area contributed by atoms with Gasteiger partial charge < -0.3 is 5.73 Å². The molecule has 3 heteroatoms. The first-order chi connectivity index (χ1) is 7.04. The van der Waals surface area contributed by atoms with E-state index in [2.05, 4.69) is 0 Å². The van der Waals surface area contributed by atoms with E-state index in [9.17, 15) is 9.18 Å². The van der Waals surface area contributed by atoms with Crippen molar-refractivity contribution in [2.24, 2.45) is 11.7 Å². The van der Waals surface area contributed by atoms with Crippen LogP contribution >= 0.6 is 0 Å². The van der Waals surface area contributed by atoms with Crippen molar-refractivity contribution >= 4 is 5.78 Å². The molecule has 0 amide bonds. The molecule has 1 atom stereocenters. The third-order valence-corrected chi connectivity index (χ3v) is 2.37. The molecule has 15 heavy (non-hydrogen) atoms. The zero-order valence-electron chi connectivity index (χ0n) is 9.09. The smallest absolute Gasteiger partial charge is 0.165 e. The molecule has 0 aliphatic heterocycles. The molecule has 1 rings (SSSR count). The fourth-order valence-corrected chi connectivity index (χ4v) is 1.54. The lowest BCUT2D eigenvalue weighted by atomic mass is 9.95. The molecule has 0 heterocycles. The second-order valence-corrected chi connectivity index (χ2v) is 3.86. The Kier molecular flexibility index (Phi) is 3.97. The van der Waals surface area contributed by atoms with Crippen molar-refractivity contribution in [2.75, 3.05) is 6.54 Å². The Bertz CT molecular complexity index is 342. The third kappa shape index (κ3) is 3.13. The van der Waals surface area contributed by atoms with Crippen LogP contribution in [0.2, 0.25) is 0 Å². The number of ketones is 1. The molecule has 1 aromatic carbocycles. The van der Waals surface area contributed by atoms with Crippen LogP contribution in [-0.2, 0) is 0 Å². The van der Waals surface area contributed by atoms with E-state index in [0.29, 0.717) is 18.5 Å². The molecular formula is C12H16FNO. The molecule has 2 N–H and O–H groups in total. The Morgan fingerprint density at radius 2 is 2.13 bits per heavy atom. The number of carbonyl (C=O) groups is 1. The van der Waals surface area contributed by atoms with E-state index in [0.717, 1.165) is 5.56 Å². The fourth-order valence-electron chi connectivity index (χ4n) is 1.54. The van der Waals surface area contributed by atoms with Gasteiger partial charge in [-0.25, -0.2) is 4.39 Å². The summed E-state index contributed by atoms with van der Waals surface area (Å²) in [5.41, 5.74) is 6.58. The summed E-state index contributed by atoms with van der Waals surface area (Å²) in [5.74, 6) is -0.544. The lowest BCUT2D eigenvalue weighted by molar-refractivity contribution is 0.0925. The van der Waals surface area contributed by atoms with Gasteiger partial charge in [0.2, 0.25) is 0 Å². The van der Waals surface area contributed by atoms with E-state index in [1.807, 2.05) is 6.92 Å². The highest BCUT2D eigenvalue weighted by molar-refractivity contribution is 5.97. The molecule has 1 unspecified atom stereocenters. The van der Waals surface area contributed by atoms with Gasteiger partial charge in [-0.1, -0.05) is 6.92 Å². The number of halogens is 1. The average molecular weight is 209 g/mol. The molecule has 0 aliphatic rings. The number of nitrogens with two attached hydrogens (primary N) is 1. The highest BCUT2D eigenvalue weighted by atomic mass is 19.1. The minimum Gasteiger partial charge on any atom is -0.330 e. The zero-order chi connectivity index (χ0) is 11.4. The van der Waals surface area contributed by atoms with Crippen molar-refractivity contribution in [1.82, 2.24) is 0 Å². The second kappa shape index (κ2) is 5.03. The highest BCUT2D eigenvalue weighted by Gasteiger charge is 2.15. The molecule has 0 aromatic heterocycles. The first kappa shape index (κ1) is 11.9. The van der Waals surface area contributed by atoms with E-state index in [1.54, 1.807) is 13.0 Å². The van der Waals surface area contributed by atoms with E-state index < -0.39 is 0 Å². The molecule has 0 spiro atoms. The van der Waals surface area contributed by atoms with Crippen LogP contribution in [0.15, 0.2) is 18.2 Å². The van der Waals surface area contributed by atoms with Crippen LogP contribution in [0.3, 0.4) is 0 Å². The molecule has 0 saturated heterocycles. The van der Waals surface area contributed by atoms with Crippen LogP contribution in [0.5, 0.6) is 0 Å². The van der Waals surface area contributed by atoms with E-state index in [4.69, 9.17) is 5.73 Å². The van der Waals surface area contributed by atoms with Crippen LogP contribution in [0.1, 0.15) is 29.3 Å². The van der Waals surface area contributed by atoms with Gasteiger partial charge in [0.1, 0.15) is 5.82 Å². The van der Waals surface area contributed by atoms with Gasteiger partial charge in [-0.15, -0.1) is 0 Å².